The maximum Gasteiger partial charge on any atom is 0.416 e. The van der Waals surface area contributed by atoms with E-state index in [1.807, 2.05) is 6.07 Å². The van der Waals surface area contributed by atoms with Crippen LogP contribution < -0.4 is 4.74 Å². The Morgan fingerprint density at radius 3 is 2.24 bits per heavy atom. The molecular formula is C18H13F3N2O2. The van der Waals surface area contributed by atoms with Crippen molar-refractivity contribution in [2.75, 3.05) is 0 Å². The summed E-state index contributed by atoms with van der Waals surface area (Å²) in [5.41, 5.74) is 0.983. The number of halogens is 3. The van der Waals surface area contributed by atoms with Gasteiger partial charge in [-0.3, -0.25) is 4.79 Å². The maximum absolute atomic E-state index is 12.7. The van der Waals surface area contributed by atoms with Gasteiger partial charge in [-0.25, -0.2) is 4.68 Å². The first-order valence-corrected chi connectivity index (χ1v) is 7.36. The van der Waals surface area contributed by atoms with Gasteiger partial charge >= 0.3 is 12.1 Å². The summed E-state index contributed by atoms with van der Waals surface area (Å²) < 4.78 is 44.7. The summed E-state index contributed by atoms with van der Waals surface area (Å²) in [6.07, 6.45) is -4.40. The molecule has 128 valence electrons. The Balaban J connectivity index is 2.08. The number of esters is 1. The van der Waals surface area contributed by atoms with Crippen LogP contribution in [-0.2, 0) is 11.0 Å². The summed E-state index contributed by atoms with van der Waals surface area (Å²) in [5, 5.41) is 4.22. The highest BCUT2D eigenvalue weighted by molar-refractivity contribution is 5.70. The van der Waals surface area contributed by atoms with Gasteiger partial charge in [-0.1, -0.05) is 30.3 Å². The van der Waals surface area contributed by atoms with Gasteiger partial charge < -0.3 is 4.74 Å². The fourth-order valence-corrected chi connectivity index (χ4v) is 2.36. The predicted molar refractivity (Wildman–Crippen MR) is 85.3 cm³/mol. The molecule has 0 bridgehead atoms. The number of hydrogen-bond acceptors (Lipinski definition) is 3. The van der Waals surface area contributed by atoms with Crippen molar-refractivity contribution in [2.24, 2.45) is 0 Å². The monoisotopic (exact) mass is 346 g/mol. The van der Waals surface area contributed by atoms with Gasteiger partial charge in [0.05, 0.1) is 16.9 Å². The van der Waals surface area contributed by atoms with E-state index in [0.717, 1.165) is 12.1 Å². The van der Waals surface area contributed by atoms with E-state index in [-0.39, 0.29) is 5.88 Å². The third-order valence-corrected chi connectivity index (χ3v) is 3.44. The van der Waals surface area contributed by atoms with Crippen molar-refractivity contribution in [2.45, 2.75) is 13.1 Å². The number of aromatic nitrogens is 2. The molecule has 0 radical (unpaired) electrons. The highest BCUT2D eigenvalue weighted by Crippen LogP contribution is 2.32. The molecule has 2 aromatic carbocycles. The first-order valence-electron chi connectivity index (χ1n) is 7.36. The van der Waals surface area contributed by atoms with Gasteiger partial charge in [0.25, 0.3) is 0 Å². The molecule has 3 rings (SSSR count). The second-order valence-electron chi connectivity index (χ2n) is 5.28. The molecule has 0 spiro atoms. The van der Waals surface area contributed by atoms with Crippen LogP contribution in [0.4, 0.5) is 13.2 Å². The molecule has 0 saturated carbocycles. The third-order valence-electron chi connectivity index (χ3n) is 3.44. The number of carbonyl (C=O) groups is 1. The molecule has 0 N–H and O–H groups in total. The van der Waals surface area contributed by atoms with Crippen molar-refractivity contribution in [3.63, 3.8) is 0 Å². The van der Waals surface area contributed by atoms with Crippen LogP contribution in [0.3, 0.4) is 0 Å². The third kappa shape index (κ3) is 3.71. The number of hydrogen-bond donors (Lipinski definition) is 0. The molecule has 1 heterocycles. The van der Waals surface area contributed by atoms with Crippen LogP contribution in [0.5, 0.6) is 5.88 Å². The molecule has 0 fully saturated rings. The van der Waals surface area contributed by atoms with Crippen molar-refractivity contribution >= 4 is 5.97 Å². The molecule has 0 aliphatic rings. The number of para-hydroxylation sites is 1. The molecule has 0 aliphatic heterocycles. The summed E-state index contributed by atoms with van der Waals surface area (Å²) in [7, 11) is 0. The Bertz CT molecular complexity index is 885. The Morgan fingerprint density at radius 2 is 1.68 bits per heavy atom. The molecule has 7 heteroatoms. The van der Waals surface area contributed by atoms with E-state index < -0.39 is 17.7 Å². The number of benzene rings is 2. The van der Waals surface area contributed by atoms with E-state index in [1.165, 1.54) is 29.8 Å². The molecule has 3 aromatic rings. The zero-order chi connectivity index (χ0) is 18.0. The van der Waals surface area contributed by atoms with Crippen LogP contribution in [0.15, 0.2) is 60.7 Å². The zero-order valence-electron chi connectivity index (χ0n) is 13.1. The lowest BCUT2D eigenvalue weighted by molar-refractivity contribution is -0.137. The summed E-state index contributed by atoms with van der Waals surface area (Å²) in [6, 6.07) is 15.3. The lowest BCUT2D eigenvalue weighted by atomic mass is 10.1. The van der Waals surface area contributed by atoms with Gasteiger partial charge in [-0.2, -0.15) is 13.2 Å². The van der Waals surface area contributed by atoms with E-state index in [9.17, 15) is 18.0 Å². The lowest BCUT2D eigenvalue weighted by Crippen LogP contribution is -2.05. The highest BCUT2D eigenvalue weighted by Gasteiger charge is 2.30. The van der Waals surface area contributed by atoms with E-state index >= 15 is 0 Å². The molecular weight excluding hydrogens is 333 g/mol. The zero-order valence-corrected chi connectivity index (χ0v) is 13.1. The van der Waals surface area contributed by atoms with Gasteiger partial charge in [0.2, 0.25) is 5.88 Å². The van der Waals surface area contributed by atoms with Crippen LogP contribution in [-0.4, -0.2) is 15.7 Å². The molecule has 0 aliphatic carbocycles. The highest BCUT2D eigenvalue weighted by atomic mass is 19.4. The fraction of sp³-hybridized carbons (Fsp3) is 0.111. The molecule has 0 saturated heterocycles. The van der Waals surface area contributed by atoms with E-state index in [4.69, 9.17) is 4.74 Å². The minimum atomic E-state index is -4.40. The number of alkyl halides is 3. The van der Waals surface area contributed by atoms with Crippen LogP contribution >= 0.6 is 0 Å². The largest absolute Gasteiger partial charge is 0.416 e. The summed E-state index contributed by atoms with van der Waals surface area (Å²) in [4.78, 5) is 11.2. The fourth-order valence-electron chi connectivity index (χ4n) is 2.36. The average molecular weight is 346 g/mol. The van der Waals surface area contributed by atoms with Crippen LogP contribution in [0.25, 0.3) is 16.9 Å². The van der Waals surface area contributed by atoms with Crippen LogP contribution in [0, 0.1) is 0 Å². The van der Waals surface area contributed by atoms with Crippen molar-refractivity contribution in [3.8, 4) is 22.8 Å². The van der Waals surface area contributed by atoms with Crippen molar-refractivity contribution in [3.05, 3.63) is 66.2 Å². The second-order valence-corrected chi connectivity index (χ2v) is 5.28. The number of carbonyl (C=O) groups excluding carboxylic acids is 1. The topological polar surface area (TPSA) is 44.1 Å². The Morgan fingerprint density at radius 1 is 1.04 bits per heavy atom. The van der Waals surface area contributed by atoms with Crippen LogP contribution in [0.2, 0.25) is 0 Å². The predicted octanol–water partition coefficient (Wildman–Crippen LogP) is 4.48. The first-order chi connectivity index (χ1) is 11.8. The first kappa shape index (κ1) is 16.8. The second kappa shape index (κ2) is 6.43. The smallest absolute Gasteiger partial charge is 0.406 e. The van der Waals surface area contributed by atoms with Crippen molar-refractivity contribution in [1.82, 2.24) is 9.78 Å². The van der Waals surface area contributed by atoms with E-state index in [1.54, 1.807) is 24.3 Å². The normalized spacial score (nSPS) is 11.4. The van der Waals surface area contributed by atoms with Crippen molar-refractivity contribution in [1.29, 1.82) is 0 Å². The summed E-state index contributed by atoms with van der Waals surface area (Å²) >= 11 is 0. The molecule has 1 aromatic heterocycles. The van der Waals surface area contributed by atoms with Crippen LogP contribution in [0.1, 0.15) is 12.5 Å². The SMILES string of the molecule is CC(=O)Oc1cc(-c2ccc(C(F)(F)F)cc2)n(-c2ccccc2)n1. The van der Waals surface area contributed by atoms with Crippen molar-refractivity contribution < 1.29 is 22.7 Å². The molecule has 0 amide bonds. The van der Waals surface area contributed by atoms with Gasteiger partial charge in [0, 0.05) is 18.6 Å². The standard InChI is InChI=1S/C18H13F3N2O2/c1-12(24)25-17-11-16(23(22-17)15-5-3-2-4-6-15)13-7-9-14(10-8-13)18(19,20)21/h2-11H,1H3. The lowest BCUT2D eigenvalue weighted by Gasteiger charge is -2.09. The van der Waals surface area contributed by atoms with Gasteiger partial charge in [0.15, 0.2) is 0 Å². The van der Waals surface area contributed by atoms with Gasteiger partial charge in [-0.05, 0) is 24.3 Å². The minimum Gasteiger partial charge on any atom is -0.406 e. The Labute approximate surface area is 141 Å². The Hall–Kier alpha value is -3.09. The quantitative estimate of drug-likeness (QED) is 0.657. The molecule has 0 unspecified atom stereocenters. The molecule has 4 nitrogen and oxygen atoms in total. The summed E-state index contributed by atoms with van der Waals surface area (Å²) in [6.45, 7) is 1.25. The van der Waals surface area contributed by atoms with Gasteiger partial charge in [0.1, 0.15) is 0 Å². The maximum atomic E-state index is 12.7. The average Bonchev–Trinajstić information content (AvgIpc) is 2.98. The molecule has 25 heavy (non-hydrogen) atoms. The van der Waals surface area contributed by atoms with E-state index in [0.29, 0.717) is 16.9 Å². The Kier molecular flexibility index (Phi) is 4.31. The van der Waals surface area contributed by atoms with E-state index in [2.05, 4.69) is 5.10 Å². The molecule has 0 atom stereocenters. The number of rotatable bonds is 3. The minimum absolute atomic E-state index is 0.0752. The summed E-state index contributed by atoms with van der Waals surface area (Å²) in [5.74, 6) is -0.456. The number of ether oxygens (including phenoxy) is 1. The van der Waals surface area contributed by atoms with Gasteiger partial charge in [-0.15, -0.1) is 5.10 Å². The number of nitrogens with zero attached hydrogens (tertiary/aromatic N) is 2.